The van der Waals surface area contributed by atoms with E-state index in [1.54, 1.807) is 0 Å². The van der Waals surface area contributed by atoms with Crippen molar-refractivity contribution in [2.24, 2.45) is 5.73 Å². The molecule has 6 atom stereocenters. The molecule has 0 radical (unpaired) electrons. The lowest BCUT2D eigenvalue weighted by Gasteiger charge is -2.26. The number of hydrogen-bond donors (Lipinski definition) is 16. The molecule has 0 aliphatic heterocycles. The lowest BCUT2D eigenvalue weighted by molar-refractivity contribution is -0.142. The van der Waals surface area contributed by atoms with Crippen LogP contribution in [0.15, 0.2) is 0 Å². The molecule has 27 nitrogen and oxygen atoms in total. The van der Waals surface area contributed by atoms with Gasteiger partial charge in [0.15, 0.2) is 0 Å². The number of thiol groups is 1. The van der Waals surface area contributed by atoms with Gasteiger partial charge in [0.05, 0.1) is 32.8 Å². The number of aliphatic hydroxyl groups is 2. The molecule has 0 unspecified atom stereocenters. The van der Waals surface area contributed by atoms with Crippen LogP contribution in [0.1, 0.15) is 38.5 Å². The number of aliphatic carboxylic acids is 4. The van der Waals surface area contributed by atoms with E-state index in [-0.39, 0.29) is 5.75 Å². The molecule has 0 aliphatic rings. The summed E-state index contributed by atoms with van der Waals surface area (Å²) in [6, 6.07) is -10.7. The lowest BCUT2D eigenvalue weighted by Crippen LogP contribution is -2.60. The highest BCUT2D eigenvalue weighted by molar-refractivity contribution is 7.80. The maximum Gasteiger partial charge on any atom is 0.327 e. The number of hydrogen-bond acceptors (Lipinski definition) is 16. The van der Waals surface area contributed by atoms with Gasteiger partial charge in [-0.1, -0.05) is 0 Å². The monoisotopic (exact) mass is 853 g/mol. The minimum Gasteiger partial charge on any atom is -0.481 e. The molecular weight excluding hydrogens is 806 g/mol. The van der Waals surface area contributed by atoms with Crippen molar-refractivity contribution in [1.29, 1.82) is 0 Å². The number of carboxylic acids is 4. The summed E-state index contributed by atoms with van der Waals surface area (Å²) in [6.07, 6.45) is -4.30. The van der Waals surface area contributed by atoms with Gasteiger partial charge in [-0.05, 0) is 19.3 Å². The first-order valence-electron chi connectivity index (χ1n) is 16.9. The highest BCUT2D eigenvalue weighted by Crippen LogP contribution is 2.06. The van der Waals surface area contributed by atoms with Gasteiger partial charge in [-0.15, -0.1) is 0 Å². The third-order valence-corrected chi connectivity index (χ3v) is 7.73. The molecule has 16 N–H and O–H groups in total. The zero-order valence-electron chi connectivity index (χ0n) is 30.6. The topological polar surface area (TPSA) is 448 Å². The van der Waals surface area contributed by atoms with Crippen molar-refractivity contribution in [3.8, 4) is 0 Å². The summed E-state index contributed by atoms with van der Waals surface area (Å²) in [4.78, 5) is 146. The summed E-state index contributed by atoms with van der Waals surface area (Å²) in [5, 5.41) is 72.7. The largest absolute Gasteiger partial charge is 0.481 e. The normalized spacial score (nSPS) is 13.7. The third-order valence-electron chi connectivity index (χ3n) is 7.36. The van der Waals surface area contributed by atoms with Crippen LogP contribution in [-0.2, 0) is 57.5 Å². The molecule has 0 rings (SSSR count). The summed E-state index contributed by atoms with van der Waals surface area (Å²) in [6.45, 7) is -4.04. The number of nitrogens with one attached hydrogen (secondary N) is 8. The van der Waals surface area contributed by atoms with Gasteiger partial charge in [0.25, 0.3) is 0 Å². The molecule has 0 saturated carbocycles. The standard InChI is InChI=1S/C30H47N9O18S/c31-7-19(42)32-8-20(43)33-9-21(44)34-13(1-4-22(45)46)25(51)35-14(2-5-23(47)48)26(52)36-15(3-6-24(49)50)27(53)37-16(10-40)28(54)38-17(11-41)29(55)39-18(12-58)30(56)57/h13-18,40-41,58H,1-12,31H2,(H,32,42)(H,33,43)(H,34,44)(H,35,51)(H,36,52)(H,37,53)(H,38,54)(H,39,55)(H,45,46)(H,47,48)(H,49,50)(H,56,57)/t13-,14-,15-,16-,17-,18-/m0/s1. The highest BCUT2D eigenvalue weighted by atomic mass is 32.1. The molecule has 0 aromatic carbocycles. The second-order valence-corrected chi connectivity index (χ2v) is 12.2. The number of aliphatic hydroxyl groups excluding tert-OH is 2. The molecule has 28 heteroatoms. The van der Waals surface area contributed by atoms with Crippen molar-refractivity contribution in [3.05, 3.63) is 0 Å². The fourth-order valence-corrected chi connectivity index (χ4v) is 4.53. The van der Waals surface area contributed by atoms with Crippen LogP contribution < -0.4 is 48.3 Å². The Hall–Kier alpha value is -6.13. The molecule has 0 fully saturated rings. The molecule has 0 aromatic rings. The van der Waals surface area contributed by atoms with Crippen molar-refractivity contribution in [2.45, 2.75) is 74.8 Å². The highest BCUT2D eigenvalue weighted by Gasteiger charge is 2.33. The quantitative estimate of drug-likeness (QED) is 0.0311. The predicted octanol–water partition coefficient (Wildman–Crippen LogP) is -8.32. The summed E-state index contributed by atoms with van der Waals surface area (Å²) >= 11 is 3.77. The van der Waals surface area contributed by atoms with Gasteiger partial charge in [0.1, 0.15) is 36.3 Å². The van der Waals surface area contributed by atoms with Gasteiger partial charge in [-0.2, -0.15) is 12.6 Å². The van der Waals surface area contributed by atoms with Crippen molar-refractivity contribution >= 4 is 83.8 Å². The minimum absolute atomic E-state index is 0.379. The number of rotatable bonds is 29. The number of carbonyl (C=O) groups is 12. The van der Waals surface area contributed by atoms with Gasteiger partial charge in [-0.3, -0.25) is 52.7 Å². The predicted molar refractivity (Wildman–Crippen MR) is 193 cm³/mol. The van der Waals surface area contributed by atoms with Crippen LogP contribution in [0.25, 0.3) is 0 Å². The molecule has 0 heterocycles. The van der Waals surface area contributed by atoms with E-state index in [4.69, 9.17) is 15.9 Å². The smallest absolute Gasteiger partial charge is 0.327 e. The van der Waals surface area contributed by atoms with E-state index in [2.05, 4.69) is 39.2 Å². The number of carboxylic acid groups (broad SMARTS) is 4. The molecule has 0 aliphatic carbocycles. The van der Waals surface area contributed by atoms with Gasteiger partial charge in [-0.25, -0.2) is 4.79 Å². The van der Waals surface area contributed by atoms with Gasteiger partial charge >= 0.3 is 23.9 Å². The van der Waals surface area contributed by atoms with Gasteiger partial charge in [0, 0.05) is 25.0 Å². The van der Waals surface area contributed by atoms with E-state index in [1.807, 2.05) is 16.0 Å². The number of nitrogens with two attached hydrogens (primary N) is 1. The molecule has 0 aromatic heterocycles. The summed E-state index contributed by atoms with van der Waals surface area (Å²) in [5.41, 5.74) is 5.11. The molecule has 58 heavy (non-hydrogen) atoms. The molecule has 326 valence electrons. The maximum absolute atomic E-state index is 13.4. The maximum atomic E-state index is 13.4. The zero-order valence-corrected chi connectivity index (χ0v) is 31.5. The molecule has 8 amide bonds. The first-order chi connectivity index (χ1) is 27.2. The molecule has 0 spiro atoms. The Morgan fingerprint density at radius 3 is 1.09 bits per heavy atom. The van der Waals surface area contributed by atoms with E-state index < -0.39 is 179 Å². The Balaban J connectivity index is 6.12. The second-order valence-electron chi connectivity index (χ2n) is 11.9. The third kappa shape index (κ3) is 21.2. The van der Waals surface area contributed by atoms with Crippen molar-refractivity contribution in [3.63, 3.8) is 0 Å². The Labute approximate surface area is 333 Å². The van der Waals surface area contributed by atoms with Gasteiger partial charge < -0.3 is 78.9 Å². The zero-order chi connectivity index (χ0) is 44.5. The van der Waals surface area contributed by atoms with Crippen LogP contribution in [0.5, 0.6) is 0 Å². The lowest BCUT2D eigenvalue weighted by atomic mass is 10.1. The molecular formula is C30H47N9O18S. The van der Waals surface area contributed by atoms with Crippen LogP contribution in [-0.4, -0.2) is 177 Å². The Morgan fingerprint density at radius 2 is 0.759 bits per heavy atom. The second kappa shape index (κ2) is 27.5. The number of carbonyl (C=O) groups excluding carboxylic acids is 8. The minimum atomic E-state index is -1.94. The van der Waals surface area contributed by atoms with Crippen LogP contribution in [0.3, 0.4) is 0 Å². The van der Waals surface area contributed by atoms with Crippen molar-refractivity contribution in [1.82, 2.24) is 42.5 Å². The Kier molecular flexibility index (Phi) is 24.6. The molecule has 0 bridgehead atoms. The summed E-state index contributed by atoms with van der Waals surface area (Å²) < 4.78 is 0. The van der Waals surface area contributed by atoms with Crippen molar-refractivity contribution < 1.29 is 88.2 Å². The van der Waals surface area contributed by atoms with E-state index >= 15 is 0 Å². The van der Waals surface area contributed by atoms with Crippen molar-refractivity contribution in [2.75, 3.05) is 38.6 Å². The fourth-order valence-electron chi connectivity index (χ4n) is 4.28. The Morgan fingerprint density at radius 1 is 0.448 bits per heavy atom. The van der Waals surface area contributed by atoms with Crippen LogP contribution >= 0.6 is 12.6 Å². The summed E-state index contributed by atoms with van der Waals surface area (Å²) in [7, 11) is 0. The van der Waals surface area contributed by atoms with E-state index in [1.165, 1.54) is 0 Å². The average Bonchev–Trinajstić information content (AvgIpc) is 3.16. The Bertz CT molecular complexity index is 1530. The average molecular weight is 854 g/mol. The van der Waals surface area contributed by atoms with Crippen LogP contribution in [0.4, 0.5) is 0 Å². The summed E-state index contributed by atoms with van der Waals surface area (Å²) in [5.74, 6) is -15.2. The van der Waals surface area contributed by atoms with Crippen LogP contribution in [0, 0.1) is 0 Å². The first-order valence-corrected chi connectivity index (χ1v) is 17.6. The van der Waals surface area contributed by atoms with Crippen LogP contribution in [0.2, 0.25) is 0 Å². The molecule has 0 saturated heterocycles. The number of amides is 8. The van der Waals surface area contributed by atoms with E-state index in [0.29, 0.717) is 0 Å². The fraction of sp³-hybridized carbons (Fsp3) is 0.600. The SMILES string of the molecule is NCC(=O)NCC(=O)NCC(=O)N[C@@H](CCC(=O)O)C(=O)N[C@@H](CCC(=O)O)C(=O)N[C@@H](CCC(=O)O)C(=O)N[C@@H](CO)C(=O)N[C@@H](CO)C(=O)N[C@@H](CS)C(=O)O. The van der Waals surface area contributed by atoms with E-state index in [9.17, 15) is 78.0 Å². The van der Waals surface area contributed by atoms with E-state index in [0.717, 1.165) is 0 Å². The van der Waals surface area contributed by atoms with Gasteiger partial charge in [0.2, 0.25) is 47.3 Å². The first kappa shape index (κ1) is 51.9.